The Morgan fingerprint density at radius 2 is 2.13 bits per heavy atom. The lowest BCUT2D eigenvalue weighted by Gasteiger charge is -2.03. The second-order valence-electron chi connectivity index (χ2n) is 2.87. The van der Waals surface area contributed by atoms with Crippen LogP contribution >= 0.6 is 11.6 Å². The molecule has 0 atom stereocenters. The number of rotatable bonds is 2. The third kappa shape index (κ3) is 2.24. The average Bonchev–Trinajstić information content (AvgIpc) is 2.20. The molecule has 6 heteroatoms. The molecule has 0 aliphatic heterocycles. The summed E-state index contributed by atoms with van der Waals surface area (Å²) in [4.78, 5) is 21.1. The summed E-state index contributed by atoms with van der Waals surface area (Å²) in [5.41, 5.74) is 0.287. The number of aryl methyl sites for hydroxylation is 1. The van der Waals surface area contributed by atoms with Crippen LogP contribution in [0, 0.1) is 17.0 Å². The third-order valence-electron chi connectivity index (χ3n) is 1.85. The van der Waals surface area contributed by atoms with Gasteiger partial charge in [0, 0.05) is 6.07 Å². The van der Waals surface area contributed by atoms with E-state index < -0.39 is 10.9 Å². The van der Waals surface area contributed by atoms with Gasteiger partial charge in [0.2, 0.25) is 0 Å². The molecule has 1 aromatic rings. The highest BCUT2D eigenvalue weighted by atomic mass is 35.5. The van der Waals surface area contributed by atoms with Crippen molar-refractivity contribution in [2.75, 3.05) is 7.11 Å². The van der Waals surface area contributed by atoms with Gasteiger partial charge in [0.15, 0.2) is 0 Å². The fourth-order valence-electron chi connectivity index (χ4n) is 1.12. The van der Waals surface area contributed by atoms with Crippen LogP contribution in [0.3, 0.4) is 0 Å². The molecule has 0 aromatic heterocycles. The van der Waals surface area contributed by atoms with Crippen molar-refractivity contribution in [2.24, 2.45) is 0 Å². The second-order valence-corrected chi connectivity index (χ2v) is 3.25. The van der Waals surface area contributed by atoms with Crippen molar-refractivity contribution in [1.82, 2.24) is 0 Å². The van der Waals surface area contributed by atoms with Crippen molar-refractivity contribution in [3.8, 4) is 0 Å². The maximum Gasteiger partial charge on any atom is 0.338 e. The van der Waals surface area contributed by atoms with E-state index in [-0.39, 0.29) is 16.3 Å². The molecule has 1 rings (SSSR count). The monoisotopic (exact) mass is 229 g/mol. The molecule has 0 aliphatic rings. The molecule has 5 nitrogen and oxygen atoms in total. The van der Waals surface area contributed by atoms with Crippen LogP contribution in [0.5, 0.6) is 0 Å². The normalized spacial score (nSPS) is 9.80. The van der Waals surface area contributed by atoms with Gasteiger partial charge >= 0.3 is 5.97 Å². The first-order chi connectivity index (χ1) is 6.97. The number of carbonyl (C=O) groups excluding carboxylic acids is 1. The predicted octanol–water partition coefficient (Wildman–Crippen LogP) is 2.34. The van der Waals surface area contributed by atoms with Gasteiger partial charge in [-0.15, -0.1) is 0 Å². The Kier molecular flexibility index (Phi) is 3.26. The van der Waals surface area contributed by atoms with E-state index in [1.165, 1.54) is 13.2 Å². The van der Waals surface area contributed by atoms with E-state index in [4.69, 9.17) is 11.6 Å². The Morgan fingerprint density at radius 1 is 1.53 bits per heavy atom. The van der Waals surface area contributed by atoms with Gasteiger partial charge in [-0.2, -0.15) is 0 Å². The zero-order chi connectivity index (χ0) is 11.6. The second kappa shape index (κ2) is 4.27. The topological polar surface area (TPSA) is 69.4 Å². The van der Waals surface area contributed by atoms with Gasteiger partial charge in [-0.25, -0.2) is 4.79 Å². The fraction of sp³-hybridized carbons (Fsp3) is 0.222. The number of hydrogen-bond acceptors (Lipinski definition) is 4. The highest BCUT2D eigenvalue weighted by Crippen LogP contribution is 2.29. The number of ether oxygens (including phenoxy) is 1. The Morgan fingerprint density at radius 3 is 2.60 bits per heavy atom. The van der Waals surface area contributed by atoms with Crippen molar-refractivity contribution >= 4 is 23.3 Å². The Labute approximate surface area is 90.8 Å². The van der Waals surface area contributed by atoms with Gasteiger partial charge in [-0.05, 0) is 18.6 Å². The van der Waals surface area contributed by atoms with Crippen LogP contribution in [0.25, 0.3) is 0 Å². The fourth-order valence-corrected chi connectivity index (χ4v) is 1.30. The van der Waals surface area contributed by atoms with E-state index >= 15 is 0 Å². The number of carbonyl (C=O) groups is 1. The quantitative estimate of drug-likeness (QED) is 0.443. The lowest BCUT2D eigenvalue weighted by Crippen LogP contribution is -2.03. The lowest BCUT2D eigenvalue weighted by molar-refractivity contribution is -0.384. The number of halogens is 1. The summed E-state index contributed by atoms with van der Waals surface area (Å²) in [5, 5.41) is 10.6. The molecule has 0 saturated heterocycles. The maximum atomic E-state index is 11.2. The molecule has 1 aromatic carbocycles. The van der Waals surface area contributed by atoms with Gasteiger partial charge in [0.1, 0.15) is 5.02 Å². The molecule has 0 radical (unpaired) electrons. The number of nitrogens with zero attached hydrogens (tertiary/aromatic N) is 1. The van der Waals surface area contributed by atoms with Crippen LogP contribution in [-0.4, -0.2) is 18.0 Å². The van der Waals surface area contributed by atoms with E-state index in [9.17, 15) is 14.9 Å². The first-order valence-corrected chi connectivity index (χ1v) is 4.38. The molecule has 15 heavy (non-hydrogen) atoms. The molecular formula is C9H8ClNO4. The molecule has 0 spiro atoms. The Hall–Kier alpha value is -1.62. The van der Waals surface area contributed by atoms with Gasteiger partial charge in [-0.1, -0.05) is 11.6 Å². The van der Waals surface area contributed by atoms with E-state index in [1.54, 1.807) is 6.92 Å². The summed E-state index contributed by atoms with van der Waals surface area (Å²) in [5.74, 6) is -0.627. The van der Waals surface area contributed by atoms with Crippen molar-refractivity contribution in [1.29, 1.82) is 0 Å². The first kappa shape index (κ1) is 11.5. The number of methoxy groups -OCH3 is 1. The Balaban J connectivity index is 3.35. The van der Waals surface area contributed by atoms with E-state index in [1.807, 2.05) is 0 Å². The van der Waals surface area contributed by atoms with Gasteiger partial charge < -0.3 is 4.74 Å². The smallest absolute Gasteiger partial charge is 0.338 e. The maximum absolute atomic E-state index is 11.2. The predicted molar refractivity (Wildman–Crippen MR) is 54.2 cm³/mol. The van der Waals surface area contributed by atoms with Crippen molar-refractivity contribution in [2.45, 2.75) is 6.92 Å². The summed E-state index contributed by atoms with van der Waals surface area (Å²) in [6.45, 7) is 1.59. The van der Waals surface area contributed by atoms with Crippen molar-refractivity contribution in [3.63, 3.8) is 0 Å². The summed E-state index contributed by atoms with van der Waals surface area (Å²) >= 11 is 5.71. The van der Waals surface area contributed by atoms with Crippen molar-refractivity contribution in [3.05, 3.63) is 38.4 Å². The highest BCUT2D eigenvalue weighted by Gasteiger charge is 2.19. The molecule has 0 aliphatic carbocycles. The van der Waals surface area contributed by atoms with Gasteiger partial charge in [0.25, 0.3) is 5.69 Å². The minimum Gasteiger partial charge on any atom is -0.465 e. The summed E-state index contributed by atoms with van der Waals surface area (Å²) < 4.78 is 4.46. The molecule has 0 bridgehead atoms. The Bertz CT molecular complexity index is 430. The molecule has 0 fully saturated rings. The van der Waals surface area contributed by atoms with E-state index in [0.717, 1.165) is 6.07 Å². The third-order valence-corrected chi connectivity index (χ3v) is 2.34. The zero-order valence-corrected chi connectivity index (χ0v) is 8.87. The van der Waals surface area contributed by atoms with Crippen molar-refractivity contribution < 1.29 is 14.5 Å². The standard InChI is InChI=1S/C9H8ClNO4/c1-5-3-6(9(12)15-2)4-7(8(5)10)11(13)14/h3-4H,1-2H3. The zero-order valence-electron chi connectivity index (χ0n) is 8.11. The molecule has 0 amide bonds. The van der Waals surface area contributed by atoms with Gasteiger partial charge in [0.05, 0.1) is 17.6 Å². The first-order valence-electron chi connectivity index (χ1n) is 4.00. The van der Waals surface area contributed by atoms with Crippen LogP contribution in [0.2, 0.25) is 5.02 Å². The minimum absolute atomic E-state index is 0.0349. The number of nitro groups is 1. The summed E-state index contributed by atoms with van der Waals surface area (Å²) in [6.07, 6.45) is 0. The largest absolute Gasteiger partial charge is 0.465 e. The minimum atomic E-state index is -0.637. The number of hydrogen-bond donors (Lipinski definition) is 0. The lowest BCUT2D eigenvalue weighted by atomic mass is 10.1. The summed E-state index contributed by atoms with van der Waals surface area (Å²) in [6, 6.07) is 2.54. The molecule has 80 valence electrons. The summed E-state index contributed by atoms with van der Waals surface area (Å²) in [7, 11) is 1.21. The van der Waals surface area contributed by atoms with Crippen LogP contribution in [0.1, 0.15) is 15.9 Å². The molecule has 0 heterocycles. The molecule has 0 N–H and O–H groups in total. The van der Waals surface area contributed by atoms with E-state index in [0.29, 0.717) is 5.56 Å². The SMILES string of the molecule is COC(=O)c1cc(C)c(Cl)c([N+](=O)[O-])c1. The average molecular weight is 230 g/mol. The molecule has 0 saturated carbocycles. The molecule has 0 unspecified atom stereocenters. The van der Waals surface area contributed by atoms with Crippen LogP contribution in [0.15, 0.2) is 12.1 Å². The van der Waals surface area contributed by atoms with Crippen LogP contribution in [-0.2, 0) is 4.74 Å². The number of esters is 1. The molecular weight excluding hydrogens is 222 g/mol. The van der Waals surface area contributed by atoms with Crippen LogP contribution < -0.4 is 0 Å². The van der Waals surface area contributed by atoms with E-state index in [2.05, 4.69) is 4.74 Å². The number of nitro benzene ring substituents is 1. The van der Waals surface area contributed by atoms with Crippen LogP contribution in [0.4, 0.5) is 5.69 Å². The number of benzene rings is 1. The van der Waals surface area contributed by atoms with Gasteiger partial charge in [-0.3, -0.25) is 10.1 Å². The highest BCUT2D eigenvalue weighted by molar-refractivity contribution is 6.33.